The van der Waals surface area contributed by atoms with Gasteiger partial charge >= 0.3 is 23.8 Å². The van der Waals surface area contributed by atoms with E-state index in [2.05, 4.69) is 4.74 Å². The van der Waals surface area contributed by atoms with E-state index >= 15 is 0 Å². The highest BCUT2D eigenvalue weighted by molar-refractivity contribution is 5.92. The van der Waals surface area contributed by atoms with Crippen LogP contribution >= 0.6 is 0 Å². The lowest BCUT2D eigenvalue weighted by Crippen LogP contribution is -2.38. The van der Waals surface area contributed by atoms with Gasteiger partial charge in [-0.05, 0) is 0 Å². The monoisotopic (exact) mass is 220 g/mol. The van der Waals surface area contributed by atoms with Gasteiger partial charge in [-0.3, -0.25) is 0 Å². The first kappa shape index (κ1) is 12.8. The molecule has 0 spiro atoms. The molecular weight excluding hydrogens is 215 g/mol. The molecule has 0 N–H and O–H groups in total. The van der Waals surface area contributed by atoms with Crippen molar-refractivity contribution >= 4 is 11.9 Å². The maximum absolute atomic E-state index is 12.0. The second kappa shape index (κ2) is 3.89. The molecule has 82 valence electrons. The van der Waals surface area contributed by atoms with Crippen molar-refractivity contribution in [3.63, 3.8) is 0 Å². The number of carbonyl (C=O) groups is 2. The number of ether oxygens (including phenoxy) is 1. The summed E-state index contributed by atoms with van der Waals surface area (Å²) in [5.74, 6) is -13.7. The van der Waals surface area contributed by atoms with Crippen LogP contribution in [0.2, 0.25) is 0 Å². The number of halogens is 5. The van der Waals surface area contributed by atoms with Crippen molar-refractivity contribution in [2.75, 3.05) is 6.67 Å². The Hall–Kier alpha value is -1.21. The van der Waals surface area contributed by atoms with Crippen LogP contribution in [0, 0.1) is 0 Å². The summed E-state index contributed by atoms with van der Waals surface area (Å²) in [6, 6.07) is 0. The topological polar surface area (TPSA) is 43.4 Å². The van der Waals surface area contributed by atoms with Gasteiger partial charge in [0.25, 0.3) is 0 Å². The third-order valence-electron chi connectivity index (χ3n) is 1.01. The maximum atomic E-state index is 12.0. The van der Waals surface area contributed by atoms with Gasteiger partial charge in [-0.2, -0.15) is 17.6 Å². The lowest BCUT2D eigenvalue weighted by molar-refractivity contribution is -0.192. The summed E-state index contributed by atoms with van der Waals surface area (Å²) in [7, 11) is 0. The van der Waals surface area contributed by atoms with Crippen molar-refractivity contribution in [2.45, 2.75) is 18.8 Å². The number of hydrogen-bond acceptors (Lipinski definition) is 3. The molecule has 14 heavy (non-hydrogen) atoms. The van der Waals surface area contributed by atoms with Crippen LogP contribution in [0.1, 0.15) is 6.92 Å². The molecule has 0 aliphatic heterocycles. The highest BCUT2D eigenvalue weighted by atomic mass is 19.3. The molecule has 0 fully saturated rings. The Morgan fingerprint density at radius 1 is 1.14 bits per heavy atom. The van der Waals surface area contributed by atoms with E-state index in [9.17, 15) is 31.5 Å². The summed E-state index contributed by atoms with van der Waals surface area (Å²) in [6.45, 7) is -2.37. The van der Waals surface area contributed by atoms with Crippen molar-refractivity contribution < 1.29 is 36.3 Å². The van der Waals surface area contributed by atoms with Crippen molar-refractivity contribution in [3.05, 3.63) is 0 Å². The Morgan fingerprint density at radius 2 is 1.57 bits per heavy atom. The molecule has 0 saturated heterocycles. The zero-order valence-corrected chi connectivity index (χ0v) is 6.82. The molecule has 0 aliphatic rings. The second-order valence-corrected chi connectivity index (χ2v) is 2.40. The van der Waals surface area contributed by atoms with Crippen LogP contribution in [-0.4, -0.2) is 30.5 Å². The molecule has 0 amide bonds. The van der Waals surface area contributed by atoms with E-state index in [-0.39, 0.29) is 6.92 Å². The molecule has 0 aromatic carbocycles. The molecule has 0 atom stereocenters. The van der Waals surface area contributed by atoms with E-state index in [0.29, 0.717) is 0 Å². The number of alkyl halides is 5. The van der Waals surface area contributed by atoms with Crippen LogP contribution in [0.4, 0.5) is 22.0 Å². The smallest absolute Gasteiger partial charge is 0.384 e. The number of carbonyl (C=O) groups excluding carboxylic acids is 2. The summed E-state index contributed by atoms with van der Waals surface area (Å²) in [6.07, 6.45) is 0. The van der Waals surface area contributed by atoms with Gasteiger partial charge in [-0.15, -0.1) is 0 Å². The van der Waals surface area contributed by atoms with Crippen LogP contribution in [0.5, 0.6) is 0 Å². The average Bonchev–Trinajstić information content (AvgIpc) is 2.02. The van der Waals surface area contributed by atoms with E-state index < -0.39 is 30.5 Å². The molecule has 0 aromatic heterocycles. The quantitative estimate of drug-likeness (QED) is 0.409. The van der Waals surface area contributed by atoms with Crippen molar-refractivity contribution in [1.82, 2.24) is 0 Å². The van der Waals surface area contributed by atoms with Crippen LogP contribution in [0.3, 0.4) is 0 Å². The largest absolute Gasteiger partial charge is 0.387 e. The fourth-order valence-corrected chi connectivity index (χ4v) is 0.303. The van der Waals surface area contributed by atoms with E-state index in [1.54, 1.807) is 0 Å². The lowest BCUT2D eigenvalue weighted by Gasteiger charge is -2.12. The molecule has 0 radical (unpaired) electrons. The normalized spacial score (nSPS) is 12.4. The van der Waals surface area contributed by atoms with Crippen LogP contribution in [0.25, 0.3) is 0 Å². The van der Waals surface area contributed by atoms with E-state index in [0.717, 1.165) is 0 Å². The van der Waals surface area contributed by atoms with Gasteiger partial charge in [0.05, 0.1) is 0 Å². The number of esters is 2. The van der Waals surface area contributed by atoms with Crippen molar-refractivity contribution in [1.29, 1.82) is 0 Å². The van der Waals surface area contributed by atoms with Crippen molar-refractivity contribution in [2.24, 2.45) is 0 Å². The van der Waals surface area contributed by atoms with Gasteiger partial charge in [-0.1, -0.05) is 0 Å². The Morgan fingerprint density at radius 3 is 1.86 bits per heavy atom. The Bertz CT molecular complexity index is 244. The summed E-state index contributed by atoms with van der Waals surface area (Å²) in [4.78, 5) is 20.4. The molecule has 0 unspecified atom stereocenters. The Kier molecular flexibility index (Phi) is 3.55. The second-order valence-electron chi connectivity index (χ2n) is 2.40. The highest BCUT2D eigenvalue weighted by Gasteiger charge is 2.46. The summed E-state index contributed by atoms with van der Waals surface area (Å²) in [5.41, 5.74) is 0. The predicted octanol–water partition coefficient (Wildman–Crippen LogP) is 1.32. The van der Waals surface area contributed by atoms with E-state index in [1.165, 1.54) is 0 Å². The molecule has 0 heterocycles. The summed E-state index contributed by atoms with van der Waals surface area (Å²) in [5, 5.41) is 0. The first-order valence-electron chi connectivity index (χ1n) is 3.19. The molecule has 0 aliphatic carbocycles. The summed E-state index contributed by atoms with van der Waals surface area (Å²) < 4.78 is 62.6. The molecule has 8 heteroatoms. The van der Waals surface area contributed by atoms with Crippen LogP contribution in [0.15, 0.2) is 0 Å². The number of hydrogen-bond donors (Lipinski definition) is 0. The zero-order chi connectivity index (χ0) is 11.6. The van der Waals surface area contributed by atoms with Crippen LogP contribution < -0.4 is 0 Å². The van der Waals surface area contributed by atoms with E-state index in [1.807, 2.05) is 0 Å². The molecule has 0 saturated carbocycles. The summed E-state index contributed by atoms with van der Waals surface area (Å²) >= 11 is 0. The molecular formula is C6H5F5O3. The molecule has 0 aromatic rings. The van der Waals surface area contributed by atoms with Gasteiger partial charge in [-0.25, -0.2) is 14.0 Å². The van der Waals surface area contributed by atoms with Gasteiger partial charge in [0.2, 0.25) is 0 Å². The molecule has 0 bridgehead atoms. The van der Waals surface area contributed by atoms with E-state index in [4.69, 9.17) is 0 Å². The van der Waals surface area contributed by atoms with Crippen LogP contribution in [-0.2, 0) is 14.3 Å². The molecule has 3 nitrogen and oxygen atoms in total. The third kappa shape index (κ3) is 3.27. The minimum Gasteiger partial charge on any atom is -0.384 e. The minimum atomic E-state index is -4.58. The third-order valence-corrected chi connectivity index (χ3v) is 1.01. The van der Waals surface area contributed by atoms with Gasteiger partial charge < -0.3 is 4.74 Å². The van der Waals surface area contributed by atoms with Gasteiger partial charge in [0, 0.05) is 6.92 Å². The molecule has 0 rings (SSSR count). The van der Waals surface area contributed by atoms with Crippen molar-refractivity contribution in [3.8, 4) is 0 Å². The predicted molar refractivity (Wildman–Crippen MR) is 32.6 cm³/mol. The lowest BCUT2D eigenvalue weighted by atomic mass is 10.3. The van der Waals surface area contributed by atoms with Gasteiger partial charge in [0.15, 0.2) is 6.67 Å². The maximum Gasteiger partial charge on any atom is 0.387 e. The SMILES string of the molecule is CC(F)(F)C(=O)OC(=O)C(F)(F)CF. The average molecular weight is 220 g/mol. The Balaban J connectivity index is 4.43. The number of rotatable bonds is 3. The standard InChI is InChI=1S/C6H5F5O3/c1-5(8,9)3(12)14-4(13)6(10,11)2-7/h2H2,1H3. The minimum absolute atomic E-state index is 0.0518. The first-order chi connectivity index (χ1) is 6.11. The Labute approximate surface area is 74.8 Å². The fraction of sp³-hybridized carbons (Fsp3) is 0.667. The zero-order valence-electron chi connectivity index (χ0n) is 6.82. The first-order valence-corrected chi connectivity index (χ1v) is 3.19. The fourth-order valence-electron chi connectivity index (χ4n) is 0.303. The van der Waals surface area contributed by atoms with Gasteiger partial charge in [0.1, 0.15) is 0 Å². The highest BCUT2D eigenvalue weighted by Crippen LogP contribution is 2.19.